The van der Waals surface area contributed by atoms with E-state index in [0.29, 0.717) is 11.3 Å². The fourth-order valence-electron chi connectivity index (χ4n) is 8.52. The van der Waals surface area contributed by atoms with Gasteiger partial charge in [-0.1, -0.05) is 29.8 Å². The summed E-state index contributed by atoms with van der Waals surface area (Å²) in [5.74, 6) is -7.22. The number of anilines is 4. The summed E-state index contributed by atoms with van der Waals surface area (Å²) in [7, 11) is 2.77. The summed E-state index contributed by atoms with van der Waals surface area (Å²) in [5.41, 5.74) is 2.55. The number of alkyl halides is 2. The Hall–Kier alpha value is -5.39. The molecule has 2 N–H and O–H groups in total. The van der Waals surface area contributed by atoms with Gasteiger partial charge in [0.15, 0.2) is 9.75 Å². The van der Waals surface area contributed by atoms with E-state index < -0.39 is 62.9 Å². The zero-order valence-corrected chi connectivity index (χ0v) is 29.9. The van der Waals surface area contributed by atoms with Gasteiger partial charge < -0.3 is 19.9 Å². The largest absolute Gasteiger partial charge is 0.507 e. The maximum Gasteiger partial charge on any atom is 0.258 e. The van der Waals surface area contributed by atoms with Crippen molar-refractivity contribution in [2.75, 3.05) is 29.3 Å². The molecule has 0 bridgehead atoms. The molecule has 6 atom stereocenters. The fraction of sp³-hybridized carbons (Fsp3) is 0.250. The molecular formula is C40H32Cl2FN3O7. The molecule has 2 aliphatic carbocycles. The molecule has 53 heavy (non-hydrogen) atoms. The molecule has 0 aromatic heterocycles. The van der Waals surface area contributed by atoms with Gasteiger partial charge in [0.1, 0.15) is 23.1 Å². The van der Waals surface area contributed by atoms with Gasteiger partial charge in [0, 0.05) is 35.0 Å². The number of fused-ring (bicyclic) bond motifs is 4. The van der Waals surface area contributed by atoms with Crippen LogP contribution in [0, 0.1) is 23.6 Å². The number of phenolic OH excluding ortho intramolecular Hbond substituents is 1. The normalized spacial score (nSPS) is 27.6. The van der Waals surface area contributed by atoms with E-state index in [0.717, 1.165) is 33.3 Å². The molecule has 0 radical (unpaired) electrons. The number of aromatic hydroxyl groups is 1. The number of rotatable bonds is 7. The third-order valence-electron chi connectivity index (χ3n) is 10.9. The molecule has 2 saturated heterocycles. The lowest BCUT2D eigenvalue weighted by Gasteiger charge is -2.50. The van der Waals surface area contributed by atoms with E-state index in [1.807, 2.05) is 30.3 Å². The predicted molar refractivity (Wildman–Crippen MR) is 196 cm³/mol. The molecule has 4 aromatic rings. The topological polar surface area (TPSA) is 125 Å². The number of ether oxygens (including phenoxy) is 2. The molecule has 2 heterocycles. The highest BCUT2D eigenvalue weighted by atomic mass is 35.5. The van der Waals surface area contributed by atoms with Crippen LogP contribution in [-0.2, 0) is 19.2 Å². The number of carbonyl (C=O) groups excluding carboxylic acids is 4. The lowest BCUT2D eigenvalue weighted by molar-refractivity contribution is -0.125. The van der Waals surface area contributed by atoms with Crippen LogP contribution in [0.2, 0.25) is 0 Å². The summed E-state index contributed by atoms with van der Waals surface area (Å²) >= 11 is 14.9. The summed E-state index contributed by atoms with van der Waals surface area (Å²) in [5, 5.41) is 14.9. The zero-order valence-electron chi connectivity index (χ0n) is 28.4. The summed E-state index contributed by atoms with van der Waals surface area (Å²) in [6.07, 6.45) is 1.60. The van der Waals surface area contributed by atoms with Crippen molar-refractivity contribution in [3.05, 3.63) is 114 Å². The Morgan fingerprint density at radius 1 is 0.792 bits per heavy atom. The average Bonchev–Trinajstić information content (AvgIpc) is 3.50. The zero-order chi connectivity index (χ0) is 37.4. The Bertz CT molecular complexity index is 2220. The quantitative estimate of drug-likeness (QED) is 0.117. The highest BCUT2D eigenvalue weighted by Crippen LogP contribution is 2.67. The first-order valence-electron chi connectivity index (χ1n) is 16.9. The van der Waals surface area contributed by atoms with Gasteiger partial charge in [0.2, 0.25) is 11.8 Å². The van der Waals surface area contributed by atoms with Crippen molar-refractivity contribution < 1.29 is 38.1 Å². The number of hydrogen-bond donors (Lipinski definition) is 2. The van der Waals surface area contributed by atoms with Crippen molar-refractivity contribution in [1.29, 1.82) is 0 Å². The number of nitrogens with one attached hydrogen (secondary N) is 1. The maximum atomic E-state index is 14.7. The van der Waals surface area contributed by atoms with Crippen LogP contribution in [0.3, 0.4) is 0 Å². The molecule has 0 spiro atoms. The number of carbonyl (C=O) groups is 4. The molecule has 13 heteroatoms. The molecule has 2 aliphatic heterocycles. The standard InChI is InChI=1S/C40H32Cl2FN3O7/c1-52-26-18-30(47)33(31(19-26)53-2)34-27-16-17-28-32(36(49)45(35(28)48)24-14-10-23(11-15-24)44-22-6-4-3-5-7-22)29(27)20-39(41)37(50)46(38(51)40(34,39)42)25-12-8-21(43)9-13-25/h3-16,18-19,28-29,32,34,44,47H,17,20H2,1-2H3/t28-,29+,32-,34+,39+,40-/m0/s1. The Morgan fingerprint density at radius 3 is 2.09 bits per heavy atom. The summed E-state index contributed by atoms with van der Waals surface area (Å²) in [6, 6.07) is 24.0. The molecule has 10 nitrogen and oxygen atoms in total. The van der Waals surface area contributed by atoms with E-state index in [4.69, 9.17) is 32.7 Å². The Labute approximate surface area is 313 Å². The van der Waals surface area contributed by atoms with Crippen LogP contribution in [0.25, 0.3) is 0 Å². The molecule has 8 rings (SSSR count). The number of methoxy groups -OCH3 is 2. The van der Waals surface area contributed by atoms with Gasteiger partial charge in [-0.15, -0.1) is 23.2 Å². The van der Waals surface area contributed by atoms with Gasteiger partial charge in [-0.25, -0.2) is 9.29 Å². The number of amides is 4. The summed E-state index contributed by atoms with van der Waals surface area (Å²) in [6.45, 7) is 0. The van der Waals surface area contributed by atoms with Crippen LogP contribution >= 0.6 is 23.2 Å². The fourth-order valence-corrected chi connectivity index (χ4v) is 9.43. The van der Waals surface area contributed by atoms with E-state index in [1.54, 1.807) is 30.3 Å². The minimum atomic E-state index is -2.26. The molecule has 270 valence electrons. The van der Waals surface area contributed by atoms with Crippen molar-refractivity contribution in [2.24, 2.45) is 17.8 Å². The number of phenols is 1. The summed E-state index contributed by atoms with van der Waals surface area (Å²) < 4.78 is 25.0. The van der Waals surface area contributed by atoms with Crippen molar-refractivity contribution in [2.45, 2.75) is 28.5 Å². The van der Waals surface area contributed by atoms with Crippen molar-refractivity contribution >= 4 is 69.6 Å². The lowest BCUT2D eigenvalue weighted by Crippen LogP contribution is -2.60. The second-order valence-corrected chi connectivity index (χ2v) is 14.8. The average molecular weight is 757 g/mol. The number of nitrogens with zero attached hydrogens (tertiary/aromatic N) is 2. The van der Waals surface area contributed by atoms with Crippen LogP contribution in [0.4, 0.5) is 27.1 Å². The smallest absolute Gasteiger partial charge is 0.258 e. The Morgan fingerprint density at radius 2 is 1.43 bits per heavy atom. The molecular weight excluding hydrogens is 724 g/mol. The molecule has 1 saturated carbocycles. The van der Waals surface area contributed by atoms with Gasteiger partial charge in [-0.3, -0.25) is 24.1 Å². The lowest BCUT2D eigenvalue weighted by atomic mass is 9.56. The number of benzene rings is 4. The van der Waals surface area contributed by atoms with Crippen molar-refractivity contribution in [3.63, 3.8) is 0 Å². The van der Waals surface area contributed by atoms with Gasteiger partial charge in [-0.2, -0.15) is 0 Å². The molecule has 4 aliphatic rings. The van der Waals surface area contributed by atoms with Gasteiger partial charge in [-0.05, 0) is 79.4 Å². The second kappa shape index (κ2) is 12.6. The monoisotopic (exact) mass is 755 g/mol. The predicted octanol–water partition coefficient (Wildman–Crippen LogP) is 7.06. The molecule has 4 amide bonds. The van der Waals surface area contributed by atoms with Gasteiger partial charge >= 0.3 is 0 Å². The van der Waals surface area contributed by atoms with Crippen LogP contribution in [0.15, 0.2) is 103 Å². The van der Waals surface area contributed by atoms with Crippen LogP contribution in [0.5, 0.6) is 17.2 Å². The van der Waals surface area contributed by atoms with Crippen LogP contribution in [-0.4, -0.2) is 52.7 Å². The Balaban J connectivity index is 1.24. The minimum absolute atomic E-state index is 0.0406. The summed E-state index contributed by atoms with van der Waals surface area (Å²) in [4.78, 5) is 55.4. The van der Waals surface area contributed by atoms with Crippen molar-refractivity contribution in [3.8, 4) is 17.2 Å². The molecule has 0 unspecified atom stereocenters. The van der Waals surface area contributed by atoms with E-state index in [1.165, 1.54) is 38.5 Å². The maximum absolute atomic E-state index is 14.7. The first kappa shape index (κ1) is 34.7. The van der Waals surface area contributed by atoms with Gasteiger partial charge in [0.25, 0.3) is 11.8 Å². The third kappa shape index (κ3) is 5.04. The highest BCUT2D eigenvalue weighted by molar-refractivity contribution is 6.58. The number of imide groups is 2. The van der Waals surface area contributed by atoms with Gasteiger partial charge in [0.05, 0.1) is 37.4 Å². The van der Waals surface area contributed by atoms with E-state index in [-0.39, 0.29) is 41.3 Å². The number of allylic oxidation sites excluding steroid dienone is 2. The first-order valence-corrected chi connectivity index (χ1v) is 17.7. The first-order chi connectivity index (χ1) is 25.4. The highest BCUT2D eigenvalue weighted by Gasteiger charge is 2.77. The third-order valence-corrected chi connectivity index (χ3v) is 12.3. The molecule has 4 aromatic carbocycles. The van der Waals surface area contributed by atoms with Crippen LogP contribution in [0.1, 0.15) is 24.3 Å². The van der Waals surface area contributed by atoms with E-state index in [2.05, 4.69) is 5.32 Å². The number of halogens is 3. The van der Waals surface area contributed by atoms with E-state index in [9.17, 15) is 28.7 Å². The minimum Gasteiger partial charge on any atom is -0.507 e. The molecule has 3 fully saturated rings. The Kier molecular flexibility index (Phi) is 8.27. The number of hydrogen-bond acceptors (Lipinski definition) is 8. The number of para-hydroxylation sites is 1. The SMILES string of the molecule is COc1cc(O)c([C@H]2C3=CC[C@@H]4C(=O)N(c5ccc(Nc6ccccc6)cc5)C(=O)[C@@H]4[C@@H]3C[C@@]3(Cl)C(=O)N(c4ccc(F)cc4)C(=O)[C@@]23Cl)c(OC)c1. The van der Waals surface area contributed by atoms with E-state index >= 15 is 0 Å². The second-order valence-electron chi connectivity index (χ2n) is 13.6. The van der Waals surface area contributed by atoms with Crippen molar-refractivity contribution in [1.82, 2.24) is 0 Å². The van der Waals surface area contributed by atoms with Crippen LogP contribution < -0.4 is 24.6 Å².